The molecule has 3 heterocycles. The van der Waals surface area contributed by atoms with Gasteiger partial charge in [-0.2, -0.15) is 10.2 Å². The van der Waals surface area contributed by atoms with E-state index in [-0.39, 0.29) is 0 Å². The number of ether oxygens (including phenoxy) is 1. The van der Waals surface area contributed by atoms with Gasteiger partial charge in [-0.15, -0.1) is 10.2 Å². The van der Waals surface area contributed by atoms with Crippen LogP contribution in [0.3, 0.4) is 0 Å². The molecule has 6 rings (SSSR count). The maximum Gasteiger partial charge on any atom is 0.257 e. The molecule has 0 saturated heterocycles. The molecule has 0 N–H and O–H groups in total. The first kappa shape index (κ1) is 18.8. The first-order valence-corrected chi connectivity index (χ1v) is 10.8. The van der Waals surface area contributed by atoms with Crippen molar-refractivity contribution >= 4 is 28.2 Å². The first-order valence-electron chi connectivity index (χ1n) is 10.8. The number of hydrogen-bond donors (Lipinski definition) is 0. The zero-order chi connectivity index (χ0) is 21.7. The lowest BCUT2D eigenvalue weighted by atomic mass is 10.0. The van der Waals surface area contributed by atoms with Crippen molar-refractivity contribution in [2.24, 2.45) is 5.92 Å². The number of aromatic nitrogens is 4. The predicted octanol–water partition coefficient (Wildman–Crippen LogP) is 3.89. The summed E-state index contributed by atoms with van der Waals surface area (Å²) in [6.45, 7) is 3.60. The van der Waals surface area contributed by atoms with Gasteiger partial charge in [-0.05, 0) is 50.1 Å². The van der Waals surface area contributed by atoms with Crippen molar-refractivity contribution in [2.45, 2.75) is 26.4 Å². The maximum absolute atomic E-state index is 9.52. The van der Waals surface area contributed by atoms with Gasteiger partial charge >= 0.3 is 0 Å². The molecule has 0 spiro atoms. The molecule has 0 bridgehead atoms. The van der Waals surface area contributed by atoms with E-state index < -0.39 is 0 Å². The molecule has 2 aromatic carbocycles. The predicted molar refractivity (Wildman–Crippen MR) is 120 cm³/mol. The number of benzene rings is 2. The van der Waals surface area contributed by atoms with Crippen molar-refractivity contribution in [3.8, 4) is 17.9 Å². The zero-order valence-electron chi connectivity index (χ0n) is 17.7. The Bertz CT molecular complexity index is 1480. The fourth-order valence-electron chi connectivity index (χ4n) is 4.22. The fourth-order valence-corrected chi connectivity index (χ4v) is 4.22. The molecule has 0 atom stereocenters. The number of rotatable bonds is 1. The summed E-state index contributed by atoms with van der Waals surface area (Å²) in [5, 5.41) is 18.9. The van der Waals surface area contributed by atoms with Gasteiger partial charge in [-0.1, -0.05) is 17.9 Å². The number of anilines is 2. The minimum atomic E-state index is 0.509. The summed E-state index contributed by atoms with van der Waals surface area (Å²) in [4.78, 5) is 7.06. The topological polar surface area (TPSA) is 79.3 Å². The van der Waals surface area contributed by atoms with E-state index in [1.807, 2.05) is 35.6 Å². The molecule has 32 heavy (non-hydrogen) atoms. The van der Waals surface area contributed by atoms with E-state index in [9.17, 15) is 5.26 Å². The highest BCUT2D eigenvalue weighted by atomic mass is 16.5. The van der Waals surface area contributed by atoms with Crippen LogP contribution in [0.25, 0.3) is 16.7 Å². The van der Waals surface area contributed by atoms with E-state index in [4.69, 9.17) is 9.72 Å². The molecule has 1 aliphatic carbocycles. The van der Waals surface area contributed by atoms with Crippen LogP contribution in [0.5, 0.6) is 0 Å². The molecular weight excluding hydrogens is 400 g/mol. The Morgan fingerprint density at radius 2 is 2.06 bits per heavy atom. The lowest BCUT2D eigenvalue weighted by Gasteiger charge is -2.25. The molecule has 2 aliphatic rings. The van der Waals surface area contributed by atoms with E-state index in [0.29, 0.717) is 37.0 Å². The molecule has 0 unspecified atom stereocenters. The minimum Gasteiger partial charge on any atom is -0.375 e. The van der Waals surface area contributed by atoms with Crippen LogP contribution in [0.1, 0.15) is 35.4 Å². The van der Waals surface area contributed by atoms with Crippen molar-refractivity contribution in [1.82, 2.24) is 19.6 Å². The van der Waals surface area contributed by atoms with E-state index in [1.165, 1.54) is 12.8 Å². The molecule has 1 saturated carbocycles. The fraction of sp³-hybridized carbons (Fsp3) is 0.280. The summed E-state index contributed by atoms with van der Waals surface area (Å²) < 4.78 is 7.88. The summed E-state index contributed by atoms with van der Waals surface area (Å²) in [6.07, 6.45) is 2.39. The standard InChI is InChI=1S/C25H20N6O/c1-16-28-29-25-27-24(20-13-18(14-26)8-10-23(20)31(16)25)30-11-12-32-15-21-19(3-2-4-22(21)30)9-7-17-5-6-17/h2-4,8,10,13,17H,5-6,11-12,15H2,1H3. The van der Waals surface area contributed by atoms with Gasteiger partial charge in [0.05, 0.1) is 30.4 Å². The summed E-state index contributed by atoms with van der Waals surface area (Å²) >= 11 is 0. The molecule has 1 fully saturated rings. The van der Waals surface area contributed by atoms with E-state index in [1.54, 1.807) is 0 Å². The molecule has 2 aromatic heterocycles. The van der Waals surface area contributed by atoms with Gasteiger partial charge in [-0.3, -0.25) is 4.40 Å². The summed E-state index contributed by atoms with van der Waals surface area (Å²) in [7, 11) is 0. The summed E-state index contributed by atoms with van der Waals surface area (Å²) in [5.41, 5.74) is 4.61. The molecule has 0 radical (unpaired) electrons. The van der Waals surface area contributed by atoms with Crippen LogP contribution in [0.2, 0.25) is 0 Å². The highest BCUT2D eigenvalue weighted by Gasteiger charge is 2.24. The lowest BCUT2D eigenvalue weighted by Crippen LogP contribution is -2.22. The van der Waals surface area contributed by atoms with E-state index in [2.05, 4.69) is 45.1 Å². The Balaban J connectivity index is 1.60. The van der Waals surface area contributed by atoms with Crippen molar-refractivity contribution in [3.63, 3.8) is 0 Å². The van der Waals surface area contributed by atoms with Crippen LogP contribution >= 0.6 is 0 Å². The Morgan fingerprint density at radius 1 is 1.16 bits per heavy atom. The highest BCUT2D eigenvalue weighted by Crippen LogP contribution is 2.36. The zero-order valence-corrected chi connectivity index (χ0v) is 17.7. The SMILES string of the molecule is Cc1nnc2nc(N3CCOCc4c(C#CC5CC5)cccc43)c3cc(C#N)ccc3n12. The maximum atomic E-state index is 9.52. The average Bonchev–Trinajstić information content (AvgIpc) is 3.61. The van der Waals surface area contributed by atoms with Crippen LogP contribution in [-0.4, -0.2) is 32.7 Å². The number of fused-ring (bicyclic) bond motifs is 4. The quantitative estimate of drug-likeness (QED) is 0.435. The molecular formula is C25H20N6O. The smallest absolute Gasteiger partial charge is 0.257 e. The van der Waals surface area contributed by atoms with Crippen molar-refractivity contribution < 1.29 is 4.74 Å². The largest absolute Gasteiger partial charge is 0.375 e. The van der Waals surface area contributed by atoms with Crippen molar-refractivity contribution in [2.75, 3.05) is 18.1 Å². The normalized spacial score (nSPS) is 15.7. The molecule has 1 aliphatic heterocycles. The third kappa shape index (κ3) is 3.07. The Labute approximate surface area is 185 Å². The highest BCUT2D eigenvalue weighted by molar-refractivity contribution is 5.95. The van der Waals surface area contributed by atoms with E-state index in [0.717, 1.165) is 39.4 Å². The van der Waals surface area contributed by atoms with Gasteiger partial charge in [-0.25, -0.2) is 0 Å². The first-order chi connectivity index (χ1) is 15.7. The summed E-state index contributed by atoms with van der Waals surface area (Å²) in [5.74, 6) is 9.31. The number of hydrogen-bond acceptors (Lipinski definition) is 6. The molecule has 7 nitrogen and oxygen atoms in total. The van der Waals surface area contributed by atoms with Crippen LogP contribution in [0.4, 0.5) is 11.5 Å². The van der Waals surface area contributed by atoms with Crippen molar-refractivity contribution in [1.29, 1.82) is 5.26 Å². The summed E-state index contributed by atoms with van der Waals surface area (Å²) in [6, 6.07) is 14.1. The third-order valence-electron chi connectivity index (χ3n) is 6.01. The van der Waals surface area contributed by atoms with Gasteiger partial charge in [0, 0.05) is 34.7 Å². The molecule has 0 amide bonds. The van der Waals surface area contributed by atoms with Gasteiger partial charge in [0.1, 0.15) is 11.6 Å². The number of aryl methyl sites for hydroxylation is 1. The van der Waals surface area contributed by atoms with Gasteiger partial charge in [0.25, 0.3) is 5.78 Å². The minimum absolute atomic E-state index is 0.509. The Morgan fingerprint density at radius 3 is 2.91 bits per heavy atom. The monoisotopic (exact) mass is 420 g/mol. The number of nitrogens with zero attached hydrogens (tertiary/aromatic N) is 6. The van der Waals surface area contributed by atoms with Crippen LogP contribution < -0.4 is 4.90 Å². The Hall–Kier alpha value is -3.94. The average molecular weight is 420 g/mol. The molecule has 4 aromatic rings. The molecule has 7 heteroatoms. The van der Waals surface area contributed by atoms with E-state index >= 15 is 0 Å². The third-order valence-corrected chi connectivity index (χ3v) is 6.01. The van der Waals surface area contributed by atoms with Crippen LogP contribution in [-0.2, 0) is 11.3 Å². The second-order valence-corrected chi connectivity index (χ2v) is 8.21. The second kappa shape index (κ2) is 7.33. The van der Waals surface area contributed by atoms with Crippen LogP contribution in [0, 0.1) is 36.0 Å². The Kier molecular flexibility index (Phi) is 4.31. The number of nitriles is 1. The van der Waals surface area contributed by atoms with Crippen molar-refractivity contribution in [3.05, 3.63) is 58.9 Å². The van der Waals surface area contributed by atoms with Gasteiger partial charge in [0.15, 0.2) is 0 Å². The van der Waals surface area contributed by atoms with Gasteiger partial charge < -0.3 is 9.64 Å². The van der Waals surface area contributed by atoms with Crippen LogP contribution in [0.15, 0.2) is 36.4 Å². The molecule has 156 valence electrons. The lowest BCUT2D eigenvalue weighted by molar-refractivity contribution is 0.133. The second-order valence-electron chi connectivity index (χ2n) is 8.21. The van der Waals surface area contributed by atoms with Gasteiger partial charge in [0.2, 0.25) is 0 Å².